The molecule has 1 aliphatic heterocycles. The zero-order valence-corrected chi connectivity index (χ0v) is 16.5. The van der Waals surface area contributed by atoms with Crippen LogP contribution in [0.3, 0.4) is 0 Å². The van der Waals surface area contributed by atoms with Crippen LogP contribution in [0.25, 0.3) is 0 Å². The molecule has 1 aromatic heterocycles. The average Bonchev–Trinajstić information content (AvgIpc) is 3.51. The molecule has 0 radical (unpaired) electrons. The van der Waals surface area contributed by atoms with Crippen LogP contribution in [0.2, 0.25) is 5.15 Å². The molecule has 6 nitrogen and oxygen atoms in total. The number of benzene rings is 1. The van der Waals surface area contributed by atoms with Crippen molar-refractivity contribution in [1.29, 1.82) is 0 Å². The fourth-order valence-corrected chi connectivity index (χ4v) is 3.81. The number of anilines is 3. The second-order valence-corrected chi connectivity index (χ2v) is 7.75. The molecule has 27 heavy (non-hydrogen) atoms. The number of hydrogen-bond acceptors (Lipinski definition) is 6. The number of nitrogens with zero attached hydrogens (tertiary/aromatic N) is 4. The summed E-state index contributed by atoms with van der Waals surface area (Å²) in [7, 11) is 1.81. The van der Waals surface area contributed by atoms with Gasteiger partial charge in [-0.05, 0) is 36.5 Å². The molecule has 1 saturated carbocycles. The van der Waals surface area contributed by atoms with E-state index in [4.69, 9.17) is 11.6 Å². The molecule has 0 bridgehead atoms. The molecule has 0 amide bonds. The molecule has 4 rings (SSSR count). The lowest BCUT2D eigenvalue weighted by molar-refractivity contribution is 0.248. The number of piperazine rings is 1. The third kappa shape index (κ3) is 4.62. The number of rotatable bonds is 7. The van der Waals surface area contributed by atoms with E-state index < -0.39 is 0 Å². The largest absolute Gasteiger partial charge is 0.383 e. The zero-order chi connectivity index (χ0) is 18.6. The Hall–Kier alpha value is -2.05. The van der Waals surface area contributed by atoms with Gasteiger partial charge >= 0.3 is 0 Å². The Bertz CT molecular complexity index is 754. The molecule has 2 aromatic rings. The van der Waals surface area contributed by atoms with Crippen molar-refractivity contribution in [1.82, 2.24) is 14.9 Å². The predicted molar refractivity (Wildman–Crippen MR) is 112 cm³/mol. The average molecular weight is 387 g/mol. The van der Waals surface area contributed by atoms with Gasteiger partial charge in [0.1, 0.15) is 12.0 Å². The van der Waals surface area contributed by atoms with E-state index in [1.54, 1.807) is 0 Å². The third-order valence-corrected chi connectivity index (χ3v) is 5.68. The van der Waals surface area contributed by atoms with Crippen LogP contribution in [0, 0.1) is 5.92 Å². The summed E-state index contributed by atoms with van der Waals surface area (Å²) in [5.74, 6) is 1.70. The number of hydrogen-bond donors (Lipinski definition) is 2. The number of halogens is 1. The summed E-state index contributed by atoms with van der Waals surface area (Å²) in [5.41, 5.74) is 3.24. The smallest absolute Gasteiger partial charge is 0.157 e. The van der Waals surface area contributed by atoms with E-state index >= 15 is 0 Å². The van der Waals surface area contributed by atoms with Crippen molar-refractivity contribution in [3.8, 4) is 0 Å². The SMILES string of the molecule is CNc1c(Cl)ncnc1NCc1ccc(N2CCN(CC3CC3)CC2)cc1. The molecular formula is C20H27ClN6. The molecule has 1 aliphatic carbocycles. The second kappa shape index (κ2) is 8.31. The lowest BCUT2D eigenvalue weighted by Gasteiger charge is -2.36. The highest BCUT2D eigenvalue weighted by Crippen LogP contribution is 2.30. The first-order valence-electron chi connectivity index (χ1n) is 9.71. The minimum atomic E-state index is 0.422. The molecule has 144 valence electrons. The lowest BCUT2D eigenvalue weighted by atomic mass is 10.1. The van der Waals surface area contributed by atoms with E-state index in [2.05, 4.69) is 54.7 Å². The van der Waals surface area contributed by atoms with Gasteiger partial charge in [-0.2, -0.15) is 0 Å². The van der Waals surface area contributed by atoms with Gasteiger partial charge in [-0.25, -0.2) is 9.97 Å². The highest BCUT2D eigenvalue weighted by molar-refractivity contribution is 6.32. The van der Waals surface area contributed by atoms with Crippen LogP contribution in [0.5, 0.6) is 0 Å². The molecule has 2 heterocycles. The first kappa shape index (κ1) is 18.3. The van der Waals surface area contributed by atoms with Gasteiger partial charge in [0.2, 0.25) is 0 Å². The molecule has 2 fully saturated rings. The van der Waals surface area contributed by atoms with Crippen molar-refractivity contribution >= 4 is 28.8 Å². The van der Waals surface area contributed by atoms with E-state index in [-0.39, 0.29) is 0 Å². The standard InChI is InChI=1S/C20H27ClN6/c1-22-18-19(21)24-14-25-20(18)23-12-15-4-6-17(7-5-15)27-10-8-26(9-11-27)13-16-2-3-16/h4-7,14,16,22H,2-3,8-13H2,1H3,(H,23,24,25). The summed E-state index contributed by atoms with van der Waals surface area (Å²) in [6.45, 7) is 6.60. The van der Waals surface area contributed by atoms with Gasteiger partial charge in [-0.3, -0.25) is 4.90 Å². The summed E-state index contributed by atoms with van der Waals surface area (Å²) in [5, 5.41) is 6.80. The first-order valence-corrected chi connectivity index (χ1v) is 10.1. The maximum atomic E-state index is 6.10. The van der Waals surface area contributed by atoms with Crippen LogP contribution >= 0.6 is 11.6 Å². The van der Waals surface area contributed by atoms with Crippen LogP contribution in [0.1, 0.15) is 18.4 Å². The molecule has 1 aromatic carbocycles. The normalized spacial score (nSPS) is 17.8. The van der Waals surface area contributed by atoms with Gasteiger partial charge in [-0.1, -0.05) is 23.7 Å². The van der Waals surface area contributed by atoms with Crippen LogP contribution in [0.4, 0.5) is 17.2 Å². The van der Waals surface area contributed by atoms with Gasteiger partial charge in [0, 0.05) is 52.0 Å². The predicted octanol–water partition coefficient (Wildman–Crippen LogP) is 3.32. The Balaban J connectivity index is 1.31. The maximum Gasteiger partial charge on any atom is 0.157 e. The quantitative estimate of drug-likeness (QED) is 0.712. The van der Waals surface area contributed by atoms with Crippen molar-refractivity contribution in [2.24, 2.45) is 5.92 Å². The minimum Gasteiger partial charge on any atom is -0.383 e. The van der Waals surface area contributed by atoms with Crippen molar-refractivity contribution in [3.63, 3.8) is 0 Å². The summed E-state index contributed by atoms with van der Waals surface area (Å²) in [4.78, 5) is 13.4. The second-order valence-electron chi connectivity index (χ2n) is 7.39. The van der Waals surface area contributed by atoms with Crippen LogP contribution < -0.4 is 15.5 Å². The highest BCUT2D eigenvalue weighted by atomic mass is 35.5. The maximum absolute atomic E-state index is 6.10. The summed E-state index contributed by atoms with van der Waals surface area (Å²) in [6.07, 6.45) is 4.34. The lowest BCUT2D eigenvalue weighted by Crippen LogP contribution is -2.47. The van der Waals surface area contributed by atoms with Crippen molar-refractivity contribution in [2.45, 2.75) is 19.4 Å². The molecule has 0 spiro atoms. The van der Waals surface area contributed by atoms with E-state index in [0.717, 1.165) is 24.7 Å². The van der Waals surface area contributed by atoms with Crippen LogP contribution in [0.15, 0.2) is 30.6 Å². The Labute approximate surface area is 165 Å². The van der Waals surface area contributed by atoms with Crippen molar-refractivity contribution in [3.05, 3.63) is 41.3 Å². The van der Waals surface area contributed by atoms with Crippen molar-refractivity contribution < 1.29 is 0 Å². The summed E-state index contributed by atoms with van der Waals surface area (Å²) in [6, 6.07) is 8.81. The minimum absolute atomic E-state index is 0.422. The fraction of sp³-hybridized carbons (Fsp3) is 0.500. The highest BCUT2D eigenvalue weighted by Gasteiger charge is 2.26. The molecule has 0 atom stereocenters. The number of nitrogens with one attached hydrogen (secondary N) is 2. The van der Waals surface area contributed by atoms with E-state index in [1.807, 2.05) is 7.05 Å². The van der Waals surface area contributed by atoms with Crippen LogP contribution in [-0.2, 0) is 6.54 Å². The fourth-order valence-electron chi connectivity index (χ4n) is 3.58. The molecule has 2 aliphatic rings. The number of aromatic nitrogens is 2. The van der Waals surface area contributed by atoms with Gasteiger partial charge in [-0.15, -0.1) is 0 Å². The van der Waals surface area contributed by atoms with Crippen LogP contribution in [-0.4, -0.2) is 54.6 Å². The molecule has 0 unspecified atom stereocenters. The zero-order valence-electron chi connectivity index (χ0n) is 15.8. The summed E-state index contributed by atoms with van der Waals surface area (Å²) < 4.78 is 0. The Morgan fingerprint density at radius 1 is 1.07 bits per heavy atom. The Morgan fingerprint density at radius 2 is 1.81 bits per heavy atom. The van der Waals surface area contributed by atoms with E-state index in [1.165, 1.54) is 50.1 Å². The van der Waals surface area contributed by atoms with Crippen molar-refractivity contribution in [2.75, 3.05) is 55.3 Å². The van der Waals surface area contributed by atoms with Gasteiger partial charge in [0.05, 0.1) is 0 Å². The van der Waals surface area contributed by atoms with Gasteiger partial charge in [0.15, 0.2) is 11.0 Å². The third-order valence-electron chi connectivity index (χ3n) is 5.40. The Kier molecular flexibility index (Phi) is 5.64. The molecule has 7 heteroatoms. The topological polar surface area (TPSA) is 56.3 Å². The molecule has 1 saturated heterocycles. The summed E-state index contributed by atoms with van der Waals surface area (Å²) >= 11 is 6.10. The monoisotopic (exact) mass is 386 g/mol. The first-order chi connectivity index (χ1) is 13.2. The van der Waals surface area contributed by atoms with Gasteiger partial charge in [0.25, 0.3) is 0 Å². The molecular weight excluding hydrogens is 360 g/mol. The van der Waals surface area contributed by atoms with E-state index in [0.29, 0.717) is 17.5 Å². The Morgan fingerprint density at radius 3 is 2.48 bits per heavy atom. The molecule has 2 N–H and O–H groups in total. The van der Waals surface area contributed by atoms with Gasteiger partial charge < -0.3 is 15.5 Å². The van der Waals surface area contributed by atoms with E-state index in [9.17, 15) is 0 Å².